The van der Waals surface area contributed by atoms with Crippen LogP contribution in [-0.2, 0) is 4.74 Å². The van der Waals surface area contributed by atoms with Gasteiger partial charge in [0.05, 0.1) is 0 Å². The Kier molecular flexibility index (Phi) is 13.5. The summed E-state index contributed by atoms with van der Waals surface area (Å²) in [5, 5.41) is 0. The minimum Gasteiger partial charge on any atom is -0.381 e. The van der Waals surface area contributed by atoms with Gasteiger partial charge in [-0.15, -0.1) is 6.58 Å². The predicted molar refractivity (Wildman–Crippen MR) is 77.5 cm³/mol. The van der Waals surface area contributed by atoms with Gasteiger partial charge in [0.1, 0.15) is 0 Å². The molecule has 0 N–H and O–H groups in total. The van der Waals surface area contributed by atoms with E-state index in [-0.39, 0.29) is 0 Å². The van der Waals surface area contributed by atoms with Crippen LogP contribution in [0, 0.1) is 0 Å². The van der Waals surface area contributed by atoms with E-state index in [0.717, 1.165) is 13.2 Å². The molecule has 0 aliphatic heterocycles. The monoisotopic (exact) mass is 240 g/mol. The fourth-order valence-corrected chi connectivity index (χ4v) is 1.89. The van der Waals surface area contributed by atoms with Crippen LogP contribution in [0.2, 0.25) is 0 Å². The number of ether oxygens (including phenoxy) is 1. The van der Waals surface area contributed by atoms with E-state index in [4.69, 9.17) is 4.74 Å². The molecular weight excluding hydrogens is 208 g/mol. The molecule has 0 saturated heterocycles. The second kappa shape index (κ2) is 13.8. The van der Waals surface area contributed by atoms with Crippen molar-refractivity contribution in [3.8, 4) is 0 Å². The van der Waals surface area contributed by atoms with Crippen molar-refractivity contribution >= 4 is 0 Å². The van der Waals surface area contributed by atoms with Crippen LogP contribution in [0.5, 0.6) is 0 Å². The molecule has 0 saturated carbocycles. The first-order valence-electron chi connectivity index (χ1n) is 7.49. The molecule has 0 bridgehead atoms. The van der Waals surface area contributed by atoms with Gasteiger partial charge in [0.2, 0.25) is 0 Å². The maximum absolute atomic E-state index is 5.62. The largest absolute Gasteiger partial charge is 0.381 e. The lowest BCUT2D eigenvalue weighted by Crippen LogP contribution is -1.97. The maximum atomic E-state index is 5.62. The van der Waals surface area contributed by atoms with Crippen molar-refractivity contribution in [1.29, 1.82) is 0 Å². The van der Waals surface area contributed by atoms with Crippen LogP contribution in [0.4, 0.5) is 0 Å². The first kappa shape index (κ1) is 16.7. The zero-order chi connectivity index (χ0) is 12.8. The van der Waals surface area contributed by atoms with Crippen LogP contribution < -0.4 is 0 Å². The van der Waals surface area contributed by atoms with Gasteiger partial charge in [-0.1, -0.05) is 51.0 Å². The van der Waals surface area contributed by atoms with Crippen LogP contribution in [0.25, 0.3) is 0 Å². The minimum absolute atomic E-state index is 0.959. The number of rotatable bonds is 13. The van der Waals surface area contributed by atoms with Crippen molar-refractivity contribution in [2.75, 3.05) is 13.2 Å². The molecule has 0 aromatic rings. The van der Waals surface area contributed by atoms with E-state index in [1.807, 2.05) is 0 Å². The molecule has 102 valence electrons. The second-order valence-corrected chi connectivity index (χ2v) is 5.15. The highest BCUT2D eigenvalue weighted by Gasteiger charge is 1.93. The van der Waals surface area contributed by atoms with Crippen molar-refractivity contribution in [1.82, 2.24) is 0 Å². The molecule has 0 rings (SSSR count). The molecular formula is C16H32O. The molecule has 0 heterocycles. The first-order valence-corrected chi connectivity index (χ1v) is 7.49. The fourth-order valence-electron chi connectivity index (χ4n) is 1.89. The molecule has 0 aliphatic carbocycles. The zero-order valence-corrected chi connectivity index (χ0v) is 12.1. The van der Waals surface area contributed by atoms with Crippen LogP contribution in [0.15, 0.2) is 12.2 Å². The third kappa shape index (κ3) is 15.7. The Morgan fingerprint density at radius 3 is 1.88 bits per heavy atom. The van der Waals surface area contributed by atoms with Crippen molar-refractivity contribution in [2.24, 2.45) is 0 Å². The lowest BCUT2D eigenvalue weighted by molar-refractivity contribution is 0.125. The molecule has 1 nitrogen and oxygen atoms in total. The molecule has 1 heteroatoms. The van der Waals surface area contributed by atoms with Gasteiger partial charge in [-0.3, -0.25) is 0 Å². The highest BCUT2D eigenvalue weighted by Crippen LogP contribution is 2.08. The topological polar surface area (TPSA) is 9.23 Å². The summed E-state index contributed by atoms with van der Waals surface area (Å²) >= 11 is 0. The van der Waals surface area contributed by atoms with Crippen molar-refractivity contribution in [2.45, 2.75) is 78.1 Å². The normalized spacial score (nSPS) is 10.7. The summed E-state index contributed by atoms with van der Waals surface area (Å²) in [7, 11) is 0. The van der Waals surface area contributed by atoms with E-state index in [9.17, 15) is 0 Å². The van der Waals surface area contributed by atoms with E-state index >= 15 is 0 Å². The summed E-state index contributed by atoms with van der Waals surface area (Å²) in [6.07, 6.45) is 13.0. The summed E-state index contributed by atoms with van der Waals surface area (Å²) in [5.74, 6) is 0. The van der Waals surface area contributed by atoms with Crippen LogP contribution in [-0.4, -0.2) is 13.2 Å². The molecule has 0 aliphatic rings. The maximum Gasteiger partial charge on any atom is 0.0466 e. The van der Waals surface area contributed by atoms with Crippen molar-refractivity contribution in [3.05, 3.63) is 12.2 Å². The summed E-state index contributed by atoms with van der Waals surface area (Å²) in [6.45, 7) is 10.2. The van der Waals surface area contributed by atoms with Gasteiger partial charge < -0.3 is 4.74 Å². The van der Waals surface area contributed by atoms with Gasteiger partial charge in [-0.25, -0.2) is 0 Å². The van der Waals surface area contributed by atoms with Gasteiger partial charge in [0.25, 0.3) is 0 Å². The van der Waals surface area contributed by atoms with Gasteiger partial charge in [-0.05, 0) is 32.6 Å². The average Bonchev–Trinajstić information content (AvgIpc) is 2.30. The fraction of sp³-hybridized carbons (Fsp3) is 0.875. The third-order valence-electron chi connectivity index (χ3n) is 3.03. The SMILES string of the molecule is C=C(C)CCCCCCOCCCCCCC. The minimum atomic E-state index is 0.959. The predicted octanol–water partition coefficient (Wildman–Crippen LogP) is 5.50. The second-order valence-electron chi connectivity index (χ2n) is 5.15. The van der Waals surface area contributed by atoms with Crippen LogP contribution in [0.1, 0.15) is 78.1 Å². The Morgan fingerprint density at radius 2 is 1.35 bits per heavy atom. The first-order chi connectivity index (χ1) is 8.27. The van der Waals surface area contributed by atoms with Crippen molar-refractivity contribution < 1.29 is 4.74 Å². The van der Waals surface area contributed by atoms with E-state index in [1.165, 1.54) is 69.8 Å². The molecule has 0 atom stereocenters. The van der Waals surface area contributed by atoms with Gasteiger partial charge in [0, 0.05) is 13.2 Å². The zero-order valence-electron chi connectivity index (χ0n) is 12.1. The Labute approximate surface area is 109 Å². The summed E-state index contributed by atoms with van der Waals surface area (Å²) in [5.41, 5.74) is 1.31. The molecule has 0 aromatic carbocycles. The Bertz CT molecular complexity index is 163. The lowest BCUT2D eigenvalue weighted by atomic mass is 10.1. The summed E-state index contributed by atoms with van der Waals surface area (Å²) < 4.78 is 5.62. The van der Waals surface area contributed by atoms with E-state index in [2.05, 4.69) is 20.4 Å². The molecule has 0 unspecified atom stereocenters. The quantitative estimate of drug-likeness (QED) is 0.305. The lowest BCUT2D eigenvalue weighted by Gasteiger charge is -2.04. The molecule has 0 spiro atoms. The molecule has 0 amide bonds. The standard InChI is InChI=1S/C16H32O/c1-4-5-6-8-11-14-17-15-12-9-7-10-13-16(2)3/h2,4-15H2,1,3H3. The van der Waals surface area contributed by atoms with E-state index in [1.54, 1.807) is 0 Å². The number of hydrogen-bond donors (Lipinski definition) is 0. The Balaban J connectivity index is 2.91. The molecule has 17 heavy (non-hydrogen) atoms. The summed E-state index contributed by atoms with van der Waals surface area (Å²) in [6, 6.07) is 0. The van der Waals surface area contributed by atoms with Crippen LogP contribution >= 0.6 is 0 Å². The average molecular weight is 240 g/mol. The van der Waals surface area contributed by atoms with Crippen LogP contribution in [0.3, 0.4) is 0 Å². The molecule has 0 aromatic heterocycles. The van der Waals surface area contributed by atoms with Gasteiger partial charge >= 0.3 is 0 Å². The van der Waals surface area contributed by atoms with Crippen molar-refractivity contribution in [3.63, 3.8) is 0 Å². The molecule has 0 fully saturated rings. The number of unbranched alkanes of at least 4 members (excludes halogenated alkanes) is 7. The van der Waals surface area contributed by atoms with Gasteiger partial charge in [-0.2, -0.15) is 0 Å². The Morgan fingerprint density at radius 1 is 0.824 bits per heavy atom. The number of hydrogen-bond acceptors (Lipinski definition) is 1. The highest BCUT2D eigenvalue weighted by atomic mass is 16.5. The summed E-state index contributed by atoms with van der Waals surface area (Å²) in [4.78, 5) is 0. The van der Waals surface area contributed by atoms with E-state index < -0.39 is 0 Å². The Hall–Kier alpha value is -0.300. The van der Waals surface area contributed by atoms with E-state index in [0.29, 0.717) is 0 Å². The van der Waals surface area contributed by atoms with Gasteiger partial charge in [0.15, 0.2) is 0 Å². The molecule has 0 radical (unpaired) electrons. The number of allylic oxidation sites excluding steroid dienone is 1. The smallest absolute Gasteiger partial charge is 0.0466 e. The highest BCUT2D eigenvalue weighted by molar-refractivity contribution is 4.86. The third-order valence-corrected chi connectivity index (χ3v) is 3.03.